The number of carbonyl (C=O) groups is 3. The van der Waals surface area contributed by atoms with E-state index in [1.54, 1.807) is 55.4 Å². The predicted molar refractivity (Wildman–Crippen MR) is 115 cm³/mol. The number of carboxylic acid groups (broad SMARTS) is 1. The molecule has 0 atom stereocenters. The average Bonchev–Trinajstić information content (AvgIpc) is 2.55. The van der Waals surface area contributed by atoms with Gasteiger partial charge in [0.15, 0.2) is 0 Å². The molecule has 2 radical (unpaired) electrons. The van der Waals surface area contributed by atoms with Crippen molar-refractivity contribution in [1.82, 2.24) is 20.8 Å². The maximum absolute atomic E-state index is 13.8. The van der Waals surface area contributed by atoms with E-state index in [9.17, 15) is 29.9 Å². The van der Waals surface area contributed by atoms with Crippen molar-refractivity contribution in [3.05, 3.63) is 0 Å². The Morgan fingerprint density at radius 3 is 1.25 bits per heavy atom. The molecule has 0 bridgehead atoms. The summed E-state index contributed by atoms with van der Waals surface area (Å²) >= 11 is 0. The van der Waals surface area contributed by atoms with E-state index >= 15 is 0 Å². The molecule has 0 aromatic heterocycles. The van der Waals surface area contributed by atoms with Gasteiger partial charge in [-0.2, -0.15) is 0 Å². The van der Waals surface area contributed by atoms with E-state index in [0.717, 1.165) is 10.1 Å². The molecule has 32 heavy (non-hydrogen) atoms. The Hall–Kier alpha value is -1.75. The lowest BCUT2D eigenvalue weighted by Gasteiger charge is -2.56. The minimum atomic E-state index is -1.71. The fourth-order valence-corrected chi connectivity index (χ4v) is 6.28. The third-order valence-corrected chi connectivity index (χ3v) is 6.75. The zero-order chi connectivity index (χ0) is 25.1. The third kappa shape index (κ3) is 4.50. The van der Waals surface area contributed by atoms with Crippen molar-refractivity contribution in [2.24, 2.45) is 0 Å². The number of nitrogens with one attached hydrogen (secondary N) is 2. The lowest BCUT2D eigenvalue weighted by atomic mass is 9.67. The van der Waals surface area contributed by atoms with Gasteiger partial charge in [-0.05, 0) is 68.2 Å². The summed E-state index contributed by atoms with van der Waals surface area (Å²) in [6, 6.07) is 0. The van der Waals surface area contributed by atoms with Gasteiger partial charge in [-0.15, -0.1) is 20.5 Å². The first-order chi connectivity index (χ1) is 14.1. The van der Waals surface area contributed by atoms with Crippen molar-refractivity contribution in [3.8, 4) is 0 Å². The van der Waals surface area contributed by atoms with E-state index < -0.39 is 51.0 Å². The minimum absolute atomic E-state index is 0.00844. The first kappa shape index (κ1) is 26.5. The zero-order valence-electron chi connectivity index (χ0n) is 20.7. The molecule has 2 heterocycles. The predicted octanol–water partition coefficient (Wildman–Crippen LogP) is 1.80. The highest BCUT2D eigenvalue weighted by atomic mass is 16.5. The van der Waals surface area contributed by atoms with Crippen LogP contribution >= 0.6 is 0 Å². The smallest absolute Gasteiger partial charge is 0.329 e. The van der Waals surface area contributed by atoms with Crippen LogP contribution in [0.15, 0.2) is 0 Å². The lowest BCUT2D eigenvalue weighted by Crippen LogP contribution is -2.76. The Bertz CT molecular complexity index is 768. The number of carbonyl (C=O) groups excluding carboxylic acids is 2. The van der Waals surface area contributed by atoms with Crippen LogP contribution < -0.4 is 10.6 Å². The van der Waals surface area contributed by atoms with Crippen LogP contribution in [0.4, 0.5) is 0 Å². The van der Waals surface area contributed by atoms with Gasteiger partial charge < -0.3 is 15.7 Å². The molecular formula is C22H38N4O6. The number of amides is 2. The van der Waals surface area contributed by atoms with Crippen LogP contribution in [0.2, 0.25) is 0 Å². The summed E-state index contributed by atoms with van der Waals surface area (Å²) < 4.78 is 0. The highest BCUT2D eigenvalue weighted by molar-refractivity contribution is 5.95. The van der Waals surface area contributed by atoms with Gasteiger partial charge in [0.2, 0.25) is 11.8 Å². The number of carboxylic acids is 1. The molecule has 182 valence electrons. The molecule has 3 N–H and O–H groups in total. The molecule has 2 rings (SSSR count). The van der Waals surface area contributed by atoms with Crippen molar-refractivity contribution in [2.75, 3.05) is 0 Å². The highest BCUT2D eigenvalue weighted by Gasteiger charge is 2.61. The van der Waals surface area contributed by atoms with Gasteiger partial charge in [0.05, 0.1) is 0 Å². The van der Waals surface area contributed by atoms with Crippen LogP contribution in [0.5, 0.6) is 0 Å². The maximum Gasteiger partial charge on any atom is 0.329 e. The number of nitrogens with zero attached hydrogens (tertiary/aromatic N) is 2. The van der Waals surface area contributed by atoms with Crippen molar-refractivity contribution in [1.29, 1.82) is 0 Å². The average molecular weight is 455 g/mol. The van der Waals surface area contributed by atoms with Crippen LogP contribution in [0, 0.1) is 0 Å². The van der Waals surface area contributed by atoms with Crippen molar-refractivity contribution in [2.45, 2.75) is 121 Å². The number of piperidine rings is 2. The molecule has 0 saturated carbocycles. The Morgan fingerprint density at radius 2 is 0.969 bits per heavy atom. The molecule has 0 aromatic rings. The molecule has 2 fully saturated rings. The molecule has 0 spiro atoms. The summed E-state index contributed by atoms with van der Waals surface area (Å²) in [5.41, 5.74) is -7.27. The maximum atomic E-state index is 13.8. The fourth-order valence-electron chi connectivity index (χ4n) is 6.28. The summed E-state index contributed by atoms with van der Waals surface area (Å²) in [7, 11) is 0. The third-order valence-electron chi connectivity index (χ3n) is 6.75. The van der Waals surface area contributed by atoms with E-state index in [0.29, 0.717) is 0 Å². The van der Waals surface area contributed by atoms with E-state index in [4.69, 9.17) is 0 Å². The Kier molecular flexibility index (Phi) is 6.33. The number of hydrogen-bond acceptors (Lipinski definition) is 5. The summed E-state index contributed by atoms with van der Waals surface area (Å²) in [4.78, 5) is 38.5. The second-order valence-electron chi connectivity index (χ2n) is 12.2. The van der Waals surface area contributed by atoms with E-state index in [-0.39, 0.29) is 25.7 Å². The number of hydrogen-bond donors (Lipinski definition) is 3. The quantitative estimate of drug-likeness (QED) is 0.591. The van der Waals surface area contributed by atoms with Gasteiger partial charge >= 0.3 is 5.97 Å². The number of rotatable bonds is 4. The fraction of sp³-hybridized carbons (Fsp3) is 0.864. The van der Waals surface area contributed by atoms with Gasteiger partial charge in [-0.3, -0.25) is 9.59 Å². The Morgan fingerprint density at radius 1 is 0.656 bits per heavy atom. The summed E-state index contributed by atoms with van der Waals surface area (Å²) in [5.74, 6) is -2.35. The van der Waals surface area contributed by atoms with E-state index in [1.165, 1.54) is 6.92 Å². The second-order valence-corrected chi connectivity index (χ2v) is 12.2. The van der Waals surface area contributed by atoms with E-state index in [1.807, 2.05) is 0 Å². The standard InChI is InChI=1S/C22H38N4O6/c1-14(27)23-21(10-17(2,3)25(31)18(4,5)11-21)15(28)24-22(16(29)30)12-19(6,7)26(32)20(8,9)13-22/h10-13H2,1-9H3,(H,23,27)(H,24,28)(H,29,30). The van der Waals surface area contributed by atoms with Crippen molar-refractivity contribution >= 4 is 17.8 Å². The molecule has 2 amide bonds. The second kappa shape index (κ2) is 7.65. The molecular weight excluding hydrogens is 416 g/mol. The molecule has 10 nitrogen and oxygen atoms in total. The van der Waals surface area contributed by atoms with Gasteiger partial charge in [-0.1, -0.05) is 0 Å². The van der Waals surface area contributed by atoms with Gasteiger partial charge in [0.25, 0.3) is 0 Å². The topological polar surface area (TPSA) is 142 Å². The van der Waals surface area contributed by atoms with E-state index in [2.05, 4.69) is 10.6 Å². The normalized spacial score (nSPS) is 27.8. The molecule has 0 aromatic carbocycles. The SMILES string of the molecule is CC(=O)NC1(C(=O)NC2(C(=O)O)CC(C)(C)N([O])C(C)(C)C2)CC(C)(C)N([O])C(C)(C)C1. The van der Waals surface area contributed by atoms with Crippen LogP contribution in [0.3, 0.4) is 0 Å². The lowest BCUT2D eigenvalue weighted by molar-refractivity contribution is -0.299. The molecule has 0 unspecified atom stereocenters. The zero-order valence-corrected chi connectivity index (χ0v) is 20.7. The molecule has 0 aliphatic carbocycles. The number of hydroxylamine groups is 4. The van der Waals surface area contributed by atoms with Crippen LogP contribution in [-0.4, -0.2) is 66.3 Å². The monoisotopic (exact) mass is 454 g/mol. The molecule has 2 saturated heterocycles. The molecule has 2 aliphatic heterocycles. The first-order valence-electron chi connectivity index (χ1n) is 10.9. The van der Waals surface area contributed by atoms with Gasteiger partial charge in [0.1, 0.15) is 11.1 Å². The molecule has 2 aliphatic rings. The van der Waals surface area contributed by atoms with Crippen LogP contribution in [-0.2, 0) is 24.8 Å². The van der Waals surface area contributed by atoms with Gasteiger partial charge in [0, 0.05) is 41.9 Å². The Balaban J connectivity index is 2.55. The summed E-state index contributed by atoms with van der Waals surface area (Å²) in [5, 5.41) is 43.2. The first-order valence-corrected chi connectivity index (χ1v) is 10.9. The van der Waals surface area contributed by atoms with Crippen LogP contribution in [0.25, 0.3) is 0 Å². The minimum Gasteiger partial charge on any atom is -0.480 e. The summed E-state index contributed by atoms with van der Waals surface area (Å²) in [6.07, 6.45) is -0.196. The van der Waals surface area contributed by atoms with Gasteiger partial charge in [-0.25, -0.2) is 4.79 Å². The van der Waals surface area contributed by atoms with Crippen molar-refractivity contribution < 1.29 is 29.9 Å². The summed E-state index contributed by atoms with van der Waals surface area (Å²) in [6.45, 7) is 14.7. The highest BCUT2D eigenvalue weighted by Crippen LogP contribution is 2.45. The Labute approximate surface area is 190 Å². The number of aliphatic carboxylic acids is 1. The van der Waals surface area contributed by atoms with Crippen LogP contribution in [0.1, 0.15) is 88.0 Å². The molecule has 10 heteroatoms. The van der Waals surface area contributed by atoms with Crippen molar-refractivity contribution in [3.63, 3.8) is 0 Å². The largest absolute Gasteiger partial charge is 0.480 e.